The lowest BCUT2D eigenvalue weighted by atomic mass is 10.1. The Morgan fingerprint density at radius 3 is 2.88 bits per heavy atom. The van der Waals surface area contributed by atoms with Crippen molar-refractivity contribution >= 4 is 17.3 Å². The number of rotatable bonds is 1. The smallest absolute Gasteiger partial charge is 0.168 e. The average molecular weight is 236 g/mol. The van der Waals surface area contributed by atoms with Crippen LogP contribution in [0.5, 0.6) is 0 Å². The molecule has 1 aliphatic rings. The zero-order valence-corrected chi connectivity index (χ0v) is 10.2. The normalized spacial score (nSPS) is 20.6. The summed E-state index contributed by atoms with van der Waals surface area (Å²) in [4.78, 5) is 2.15. The number of ether oxygens (including phenoxy) is 1. The van der Waals surface area contributed by atoms with E-state index in [0.29, 0.717) is 0 Å². The molecule has 1 aromatic carbocycles. The molecular formula is C12H16N2OS. The van der Waals surface area contributed by atoms with E-state index in [0.717, 1.165) is 24.8 Å². The molecule has 1 aliphatic heterocycles. The predicted molar refractivity (Wildman–Crippen MR) is 68.4 cm³/mol. The first-order valence-electron chi connectivity index (χ1n) is 5.44. The zero-order valence-electron chi connectivity index (χ0n) is 9.35. The summed E-state index contributed by atoms with van der Waals surface area (Å²) in [7, 11) is 1.86. The van der Waals surface area contributed by atoms with Crippen LogP contribution in [0.2, 0.25) is 0 Å². The van der Waals surface area contributed by atoms with Crippen LogP contribution in [0, 0.1) is 0 Å². The maximum atomic E-state index is 5.76. The van der Waals surface area contributed by atoms with Crippen LogP contribution in [0.15, 0.2) is 30.3 Å². The van der Waals surface area contributed by atoms with Gasteiger partial charge in [-0.25, -0.2) is 0 Å². The molecule has 0 aromatic heterocycles. The van der Waals surface area contributed by atoms with Gasteiger partial charge >= 0.3 is 0 Å². The minimum Gasteiger partial charge on any atom is -0.370 e. The number of nitrogens with zero attached hydrogens (tertiary/aromatic N) is 1. The molecule has 0 radical (unpaired) electrons. The zero-order chi connectivity index (χ0) is 11.4. The molecule has 4 heteroatoms. The number of hydrogen-bond donors (Lipinski definition) is 1. The van der Waals surface area contributed by atoms with Gasteiger partial charge in [0.05, 0.1) is 13.2 Å². The van der Waals surface area contributed by atoms with E-state index in [-0.39, 0.29) is 6.10 Å². The van der Waals surface area contributed by atoms with E-state index in [2.05, 4.69) is 22.3 Å². The fourth-order valence-electron chi connectivity index (χ4n) is 1.86. The highest BCUT2D eigenvalue weighted by atomic mass is 32.1. The van der Waals surface area contributed by atoms with Crippen LogP contribution in [0.1, 0.15) is 11.7 Å². The second-order valence-electron chi connectivity index (χ2n) is 3.77. The summed E-state index contributed by atoms with van der Waals surface area (Å²) in [5.41, 5.74) is 1.21. The minimum absolute atomic E-state index is 0.126. The summed E-state index contributed by atoms with van der Waals surface area (Å²) in [6, 6.07) is 10.3. The van der Waals surface area contributed by atoms with Gasteiger partial charge < -0.3 is 15.0 Å². The third-order valence-electron chi connectivity index (χ3n) is 2.74. The lowest BCUT2D eigenvalue weighted by Gasteiger charge is -2.34. The molecule has 0 saturated carbocycles. The van der Waals surface area contributed by atoms with Crippen LogP contribution in [-0.2, 0) is 4.74 Å². The molecule has 2 rings (SSSR count). The Morgan fingerprint density at radius 1 is 1.44 bits per heavy atom. The van der Waals surface area contributed by atoms with Crippen LogP contribution < -0.4 is 5.32 Å². The van der Waals surface area contributed by atoms with E-state index in [1.165, 1.54) is 5.56 Å². The third kappa shape index (κ3) is 2.51. The van der Waals surface area contributed by atoms with E-state index in [9.17, 15) is 0 Å². The first-order valence-corrected chi connectivity index (χ1v) is 5.85. The highest BCUT2D eigenvalue weighted by molar-refractivity contribution is 7.80. The van der Waals surface area contributed by atoms with Crippen LogP contribution in [0.25, 0.3) is 0 Å². The molecule has 0 amide bonds. The number of benzene rings is 1. The summed E-state index contributed by atoms with van der Waals surface area (Å²) >= 11 is 5.24. The summed E-state index contributed by atoms with van der Waals surface area (Å²) in [5, 5.41) is 3.80. The Kier molecular flexibility index (Phi) is 3.74. The van der Waals surface area contributed by atoms with Crippen molar-refractivity contribution in [2.24, 2.45) is 0 Å². The molecule has 1 heterocycles. The molecule has 0 spiro atoms. The van der Waals surface area contributed by atoms with Crippen molar-refractivity contribution in [3.63, 3.8) is 0 Å². The Balaban J connectivity index is 2.05. The van der Waals surface area contributed by atoms with E-state index in [1.807, 2.05) is 25.2 Å². The Hall–Kier alpha value is -1.13. The number of hydrogen-bond acceptors (Lipinski definition) is 2. The second kappa shape index (κ2) is 5.27. The van der Waals surface area contributed by atoms with Crippen molar-refractivity contribution in [3.8, 4) is 0 Å². The molecule has 3 nitrogen and oxygen atoms in total. The number of thiocarbonyl (C=S) groups is 1. The summed E-state index contributed by atoms with van der Waals surface area (Å²) in [6.07, 6.45) is 0.126. The molecule has 1 atom stereocenters. The molecule has 0 bridgehead atoms. The average Bonchev–Trinajstić information content (AvgIpc) is 2.39. The molecule has 0 aliphatic carbocycles. The number of morpholine rings is 1. The maximum Gasteiger partial charge on any atom is 0.168 e. The maximum absolute atomic E-state index is 5.76. The van der Waals surface area contributed by atoms with E-state index in [4.69, 9.17) is 17.0 Å². The molecule has 1 fully saturated rings. The topological polar surface area (TPSA) is 24.5 Å². The van der Waals surface area contributed by atoms with E-state index >= 15 is 0 Å². The van der Waals surface area contributed by atoms with Gasteiger partial charge in [-0.05, 0) is 17.8 Å². The predicted octanol–water partition coefficient (Wildman–Crippen LogP) is 1.56. The minimum atomic E-state index is 0.126. The largest absolute Gasteiger partial charge is 0.370 e. The third-order valence-corrected chi connectivity index (χ3v) is 3.20. The molecule has 1 N–H and O–H groups in total. The lowest BCUT2D eigenvalue weighted by molar-refractivity contribution is -0.00697. The van der Waals surface area contributed by atoms with Gasteiger partial charge in [-0.2, -0.15) is 0 Å². The first-order chi connectivity index (χ1) is 7.81. The van der Waals surface area contributed by atoms with Crippen LogP contribution in [0.4, 0.5) is 0 Å². The van der Waals surface area contributed by atoms with Crippen molar-refractivity contribution in [3.05, 3.63) is 35.9 Å². The van der Waals surface area contributed by atoms with Crippen molar-refractivity contribution in [2.75, 3.05) is 26.7 Å². The van der Waals surface area contributed by atoms with Gasteiger partial charge in [0.15, 0.2) is 5.11 Å². The summed E-state index contributed by atoms with van der Waals surface area (Å²) < 4.78 is 5.76. The Bertz CT molecular complexity index is 355. The van der Waals surface area contributed by atoms with Crippen molar-refractivity contribution in [2.45, 2.75) is 6.10 Å². The molecular weight excluding hydrogens is 220 g/mol. The standard InChI is InChI=1S/C12H16N2OS/c1-13-12(16)14-7-8-15-11(9-14)10-5-3-2-4-6-10/h2-6,11H,7-9H2,1H3,(H,13,16). The lowest BCUT2D eigenvalue weighted by Crippen LogP contribution is -2.45. The summed E-state index contributed by atoms with van der Waals surface area (Å²) in [6.45, 7) is 2.41. The number of nitrogens with one attached hydrogen (secondary N) is 1. The van der Waals surface area contributed by atoms with Crippen molar-refractivity contribution in [1.82, 2.24) is 10.2 Å². The van der Waals surface area contributed by atoms with Crippen molar-refractivity contribution < 1.29 is 4.74 Å². The summed E-state index contributed by atoms with van der Waals surface area (Å²) in [5.74, 6) is 0. The van der Waals surface area contributed by atoms with Gasteiger partial charge in [0.25, 0.3) is 0 Å². The van der Waals surface area contributed by atoms with Gasteiger partial charge in [0.1, 0.15) is 6.10 Å². The van der Waals surface area contributed by atoms with Crippen LogP contribution >= 0.6 is 12.2 Å². The quantitative estimate of drug-likeness (QED) is 0.748. The molecule has 86 valence electrons. The van der Waals surface area contributed by atoms with Gasteiger partial charge in [-0.3, -0.25) is 0 Å². The van der Waals surface area contributed by atoms with Gasteiger partial charge in [0, 0.05) is 13.6 Å². The Labute approximate surface area is 101 Å². The van der Waals surface area contributed by atoms with Crippen LogP contribution in [0.3, 0.4) is 0 Å². The van der Waals surface area contributed by atoms with E-state index in [1.54, 1.807) is 0 Å². The van der Waals surface area contributed by atoms with Crippen molar-refractivity contribution in [1.29, 1.82) is 0 Å². The molecule has 1 aromatic rings. The van der Waals surface area contributed by atoms with Gasteiger partial charge in [-0.1, -0.05) is 30.3 Å². The SMILES string of the molecule is CNC(=S)N1CCOC(c2ccccc2)C1. The highest BCUT2D eigenvalue weighted by Gasteiger charge is 2.22. The molecule has 1 unspecified atom stereocenters. The highest BCUT2D eigenvalue weighted by Crippen LogP contribution is 2.21. The van der Waals surface area contributed by atoms with Gasteiger partial charge in [0.2, 0.25) is 0 Å². The fourth-order valence-corrected chi connectivity index (χ4v) is 2.03. The van der Waals surface area contributed by atoms with E-state index < -0.39 is 0 Å². The molecule has 16 heavy (non-hydrogen) atoms. The fraction of sp³-hybridized carbons (Fsp3) is 0.417. The first kappa shape index (κ1) is 11.4. The molecule has 1 saturated heterocycles. The monoisotopic (exact) mass is 236 g/mol. The Morgan fingerprint density at radius 2 is 2.19 bits per heavy atom. The second-order valence-corrected chi connectivity index (χ2v) is 4.16. The van der Waals surface area contributed by atoms with Gasteiger partial charge in [-0.15, -0.1) is 0 Å². The van der Waals surface area contributed by atoms with Crippen LogP contribution in [-0.4, -0.2) is 36.8 Å².